The summed E-state index contributed by atoms with van der Waals surface area (Å²) in [5, 5.41) is 9.99. The Morgan fingerprint density at radius 2 is 1.83 bits per heavy atom. The minimum Gasteiger partial charge on any atom is -0.389 e. The van der Waals surface area contributed by atoms with Gasteiger partial charge < -0.3 is 5.11 Å². The molecule has 2 N–H and O–H groups in total. The van der Waals surface area contributed by atoms with E-state index in [2.05, 4.69) is 4.72 Å². The number of hydrogen-bond acceptors (Lipinski definition) is 3. The highest BCUT2D eigenvalue weighted by Gasteiger charge is 2.26. The van der Waals surface area contributed by atoms with Crippen LogP contribution in [-0.2, 0) is 10.0 Å². The smallest absolute Gasteiger partial charge is 0.243 e. The molecule has 1 aromatic carbocycles. The molecule has 0 heterocycles. The molecule has 1 aromatic rings. The second-order valence-electron chi connectivity index (χ2n) is 4.19. The second-order valence-corrected chi connectivity index (χ2v) is 5.92. The molecule has 102 valence electrons. The van der Waals surface area contributed by atoms with E-state index in [0.29, 0.717) is 12.8 Å². The maximum Gasteiger partial charge on any atom is 0.243 e. The van der Waals surface area contributed by atoms with E-state index in [1.54, 1.807) is 13.8 Å². The van der Waals surface area contributed by atoms with Gasteiger partial charge in [-0.15, -0.1) is 0 Å². The van der Waals surface area contributed by atoms with E-state index in [1.165, 1.54) is 18.2 Å². The Morgan fingerprint density at radius 1 is 1.28 bits per heavy atom. The lowest BCUT2D eigenvalue weighted by Gasteiger charge is -2.25. The van der Waals surface area contributed by atoms with Gasteiger partial charge in [0.2, 0.25) is 10.0 Å². The lowest BCUT2D eigenvalue weighted by Crippen LogP contribution is -2.42. The van der Waals surface area contributed by atoms with Crippen LogP contribution < -0.4 is 4.72 Å². The summed E-state index contributed by atoms with van der Waals surface area (Å²) in [5.74, 6) is -0.804. The summed E-state index contributed by atoms with van der Waals surface area (Å²) in [6.07, 6.45) is 0.840. The van der Waals surface area contributed by atoms with Gasteiger partial charge in [-0.3, -0.25) is 0 Å². The van der Waals surface area contributed by atoms with Crippen LogP contribution in [0.5, 0.6) is 0 Å². The SMILES string of the molecule is CCC(O)(CC)CNS(=O)(=O)c1ccccc1F. The molecule has 0 saturated heterocycles. The maximum absolute atomic E-state index is 13.4. The van der Waals surface area contributed by atoms with Crippen LogP contribution in [0.3, 0.4) is 0 Å². The number of aliphatic hydroxyl groups is 1. The average molecular weight is 275 g/mol. The van der Waals surface area contributed by atoms with Gasteiger partial charge in [-0.1, -0.05) is 26.0 Å². The molecule has 0 atom stereocenters. The Kier molecular flexibility index (Phi) is 4.84. The van der Waals surface area contributed by atoms with Crippen LogP contribution in [0.4, 0.5) is 4.39 Å². The van der Waals surface area contributed by atoms with E-state index in [-0.39, 0.29) is 6.54 Å². The molecule has 1 rings (SSSR count). The topological polar surface area (TPSA) is 66.4 Å². The molecular weight excluding hydrogens is 257 g/mol. The van der Waals surface area contributed by atoms with E-state index >= 15 is 0 Å². The van der Waals surface area contributed by atoms with Crippen LogP contribution in [0, 0.1) is 5.82 Å². The Morgan fingerprint density at radius 3 is 2.33 bits per heavy atom. The molecule has 4 nitrogen and oxygen atoms in total. The fourth-order valence-electron chi connectivity index (χ4n) is 1.47. The lowest BCUT2D eigenvalue weighted by molar-refractivity contribution is 0.0377. The lowest BCUT2D eigenvalue weighted by atomic mass is 9.98. The average Bonchev–Trinajstić information content (AvgIpc) is 2.36. The van der Waals surface area contributed by atoms with Crippen molar-refractivity contribution in [3.8, 4) is 0 Å². The van der Waals surface area contributed by atoms with Crippen molar-refractivity contribution in [1.82, 2.24) is 4.72 Å². The summed E-state index contributed by atoms with van der Waals surface area (Å²) >= 11 is 0. The molecular formula is C12H18FNO3S. The van der Waals surface area contributed by atoms with Gasteiger partial charge in [0.1, 0.15) is 10.7 Å². The monoisotopic (exact) mass is 275 g/mol. The first kappa shape index (κ1) is 15.1. The van der Waals surface area contributed by atoms with Crippen molar-refractivity contribution in [2.75, 3.05) is 6.54 Å². The highest BCUT2D eigenvalue weighted by Crippen LogP contribution is 2.17. The number of sulfonamides is 1. The third-order valence-electron chi connectivity index (χ3n) is 3.03. The molecule has 0 aliphatic heterocycles. The fraction of sp³-hybridized carbons (Fsp3) is 0.500. The summed E-state index contributed by atoms with van der Waals surface area (Å²) in [6, 6.07) is 5.14. The zero-order chi connectivity index (χ0) is 13.8. The summed E-state index contributed by atoms with van der Waals surface area (Å²) in [5.41, 5.74) is -1.10. The van der Waals surface area contributed by atoms with Gasteiger partial charge in [0.05, 0.1) is 5.60 Å². The van der Waals surface area contributed by atoms with E-state index in [1.807, 2.05) is 0 Å². The number of nitrogens with one attached hydrogen (secondary N) is 1. The minimum absolute atomic E-state index is 0.128. The van der Waals surface area contributed by atoms with Crippen LogP contribution in [0.15, 0.2) is 29.2 Å². The van der Waals surface area contributed by atoms with Crippen LogP contribution in [0.25, 0.3) is 0 Å². The first-order valence-electron chi connectivity index (χ1n) is 5.81. The quantitative estimate of drug-likeness (QED) is 0.829. The summed E-state index contributed by atoms with van der Waals surface area (Å²) in [4.78, 5) is -0.403. The highest BCUT2D eigenvalue weighted by atomic mass is 32.2. The van der Waals surface area contributed by atoms with Crippen LogP contribution >= 0.6 is 0 Å². The van der Waals surface area contributed by atoms with Crippen molar-refractivity contribution in [2.24, 2.45) is 0 Å². The third-order valence-corrected chi connectivity index (χ3v) is 4.47. The largest absolute Gasteiger partial charge is 0.389 e. The molecule has 0 unspecified atom stereocenters. The Bertz CT molecular complexity index is 498. The standard InChI is InChI=1S/C12H18FNO3S/c1-3-12(15,4-2)9-14-18(16,17)11-8-6-5-7-10(11)13/h5-8,14-15H,3-4,9H2,1-2H3. The van der Waals surface area contributed by atoms with Crippen LogP contribution in [-0.4, -0.2) is 25.7 Å². The van der Waals surface area contributed by atoms with Gasteiger partial charge >= 0.3 is 0 Å². The predicted molar refractivity (Wildman–Crippen MR) is 67.1 cm³/mol. The van der Waals surface area contributed by atoms with Gasteiger partial charge in [-0.2, -0.15) is 0 Å². The van der Waals surface area contributed by atoms with Gasteiger partial charge in [-0.05, 0) is 25.0 Å². The Hall–Kier alpha value is -0.980. The van der Waals surface area contributed by atoms with Gasteiger partial charge in [0.15, 0.2) is 0 Å². The number of halogens is 1. The molecule has 0 amide bonds. The van der Waals surface area contributed by atoms with Crippen molar-refractivity contribution in [3.05, 3.63) is 30.1 Å². The molecule has 0 aromatic heterocycles. The first-order valence-corrected chi connectivity index (χ1v) is 7.29. The van der Waals surface area contributed by atoms with Crippen molar-refractivity contribution >= 4 is 10.0 Å². The molecule has 6 heteroatoms. The van der Waals surface area contributed by atoms with Gasteiger partial charge in [0.25, 0.3) is 0 Å². The minimum atomic E-state index is -3.93. The van der Waals surface area contributed by atoms with Crippen LogP contribution in [0.2, 0.25) is 0 Å². The molecule has 0 fully saturated rings. The maximum atomic E-state index is 13.4. The molecule has 0 saturated carbocycles. The molecule has 18 heavy (non-hydrogen) atoms. The summed E-state index contributed by atoms with van der Waals surface area (Å²) in [7, 11) is -3.93. The first-order chi connectivity index (χ1) is 8.34. The zero-order valence-corrected chi connectivity index (χ0v) is 11.3. The number of rotatable bonds is 6. The predicted octanol–water partition coefficient (Wildman–Crippen LogP) is 1.66. The summed E-state index contributed by atoms with van der Waals surface area (Å²) in [6.45, 7) is 3.40. The van der Waals surface area contributed by atoms with E-state index < -0.39 is 26.3 Å². The van der Waals surface area contributed by atoms with Gasteiger partial charge in [-0.25, -0.2) is 17.5 Å². The molecule has 0 bridgehead atoms. The second kappa shape index (κ2) is 5.77. The number of hydrogen-bond donors (Lipinski definition) is 2. The normalized spacial score (nSPS) is 12.7. The molecule has 0 aliphatic rings. The van der Waals surface area contributed by atoms with Crippen molar-refractivity contribution in [2.45, 2.75) is 37.2 Å². The highest BCUT2D eigenvalue weighted by molar-refractivity contribution is 7.89. The van der Waals surface area contributed by atoms with Crippen molar-refractivity contribution in [1.29, 1.82) is 0 Å². The Labute approximate surface area is 107 Å². The van der Waals surface area contributed by atoms with E-state index in [4.69, 9.17) is 0 Å². The Balaban J connectivity index is 2.88. The van der Waals surface area contributed by atoms with E-state index in [9.17, 15) is 17.9 Å². The molecule has 0 spiro atoms. The molecule has 0 aliphatic carbocycles. The fourth-order valence-corrected chi connectivity index (χ4v) is 2.67. The van der Waals surface area contributed by atoms with Gasteiger partial charge in [0, 0.05) is 6.54 Å². The zero-order valence-electron chi connectivity index (χ0n) is 10.5. The van der Waals surface area contributed by atoms with Crippen LogP contribution in [0.1, 0.15) is 26.7 Å². The molecule has 0 radical (unpaired) electrons. The summed E-state index contributed by atoms with van der Waals surface area (Å²) < 4.78 is 39.4. The van der Waals surface area contributed by atoms with E-state index in [0.717, 1.165) is 6.07 Å². The number of benzene rings is 1. The van der Waals surface area contributed by atoms with Crippen molar-refractivity contribution in [3.63, 3.8) is 0 Å². The van der Waals surface area contributed by atoms with Crippen molar-refractivity contribution < 1.29 is 17.9 Å². The third kappa shape index (κ3) is 3.51.